The Bertz CT molecular complexity index is 1420. The van der Waals surface area contributed by atoms with Crippen LogP contribution in [0.2, 0.25) is 0 Å². The van der Waals surface area contributed by atoms with Crippen LogP contribution in [-0.4, -0.2) is 66.4 Å². The van der Waals surface area contributed by atoms with E-state index in [4.69, 9.17) is 28.4 Å². The van der Waals surface area contributed by atoms with E-state index in [1.54, 1.807) is 7.11 Å². The predicted molar refractivity (Wildman–Crippen MR) is 157 cm³/mol. The lowest BCUT2D eigenvalue weighted by Gasteiger charge is -2.61. The summed E-state index contributed by atoms with van der Waals surface area (Å²) in [5, 5.41) is 14.7. The number of carbonyl (C=O) groups is 2. The Hall–Kier alpha value is -3.80. The van der Waals surface area contributed by atoms with E-state index in [0.717, 1.165) is 16.7 Å². The summed E-state index contributed by atoms with van der Waals surface area (Å²) in [5.41, 5.74) is 1.30. The van der Waals surface area contributed by atoms with E-state index in [0.29, 0.717) is 5.75 Å². The van der Waals surface area contributed by atoms with Crippen LogP contribution in [0.3, 0.4) is 0 Å². The summed E-state index contributed by atoms with van der Waals surface area (Å²) in [6.07, 6.45) is -6.10. The highest BCUT2D eigenvalue weighted by atomic mass is 16.7. The van der Waals surface area contributed by atoms with Gasteiger partial charge in [0.25, 0.3) is 0 Å². The van der Waals surface area contributed by atoms with Crippen LogP contribution >= 0.6 is 0 Å². The highest BCUT2D eigenvalue weighted by molar-refractivity contribution is 5.76. The van der Waals surface area contributed by atoms with E-state index in [1.165, 1.54) is 6.92 Å². The molecular weight excluding hydrogens is 566 g/mol. The number of nitrogens with one attached hydrogen (secondary N) is 1. The number of rotatable bonds is 11. The van der Waals surface area contributed by atoms with E-state index in [1.807, 2.05) is 84.9 Å². The third-order valence-electron chi connectivity index (χ3n) is 8.63. The van der Waals surface area contributed by atoms with Crippen molar-refractivity contribution in [2.75, 3.05) is 7.11 Å². The standard InChI is InChI=1S/C34H37NO9/c1-21(36)35-34-26-17-27(37)43-29(26)28(38)30(31(34)40-18-22-9-5-3-6-10-22)44-33(32(34)41-19-23-11-7-4-8-12-23)42-20-24-13-15-25(39-2)16-14-24/h3-16,26,28-33,38H,17-20H2,1-2H3,(H,35,36)/t26-,28+,29+,30-,31-,32-,33+,34-/m1/s1. The SMILES string of the molecule is COc1ccc(CO[C@H]2O[C@@H]3[C@@H](O)[C@H]4OC(=O)C[C@H]4[C@](NC(C)=O)([C@@H]2OCc2ccccc2)[C@@H]3OCc2ccccc2)cc1. The van der Waals surface area contributed by atoms with Crippen LogP contribution in [0.15, 0.2) is 84.9 Å². The molecule has 3 fully saturated rings. The molecule has 0 spiro atoms. The quantitative estimate of drug-likeness (QED) is 0.318. The highest BCUT2D eigenvalue weighted by Crippen LogP contribution is 2.51. The van der Waals surface area contributed by atoms with Crippen LogP contribution in [-0.2, 0) is 53.1 Å². The number of fused-ring (bicyclic) bond motifs is 4. The molecule has 44 heavy (non-hydrogen) atoms. The summed E-state index contributed by atoms with van der Waals surface area (Å²) in [6.45, 7) is 1.91. The van der Waals surface area contributed by atoms with Gasteiger partial charge in [0.1, 0.15) is 41.8 Å². The fourth-order valence-electron chi connectivity index (χ4n) is 6.69. The number of carbonyl (C=O) groups excluding carboxylic acids is 2. The lowest BCUT2D eigenvalue weighted by Crippen LogP contribution is -2.83. The molecule has 2 bridgehead atoms. The molecule has 1 saturated carbocycles. The summed E-state index contributed by atoms with van der Waals surface area (Å²) >= 11 is 0. The number of aliphatic hydroxyl groups excluding tert-OH is 1. The Morgan fingerprint density at radius 1 is 0.841 bits per heavy atom. The smallest absolute Gasteiger partial charge is 0.306 e. The van der Waals surface area contributed by atoms with Gasteiger partial charge in [0.2, 0.25) is 5.91 Å². The van der Waals surface area contributed by atoms with Gasteiger partial charge in [0.05, 0.1) is 33.4 Å². The maximum Gasteiger partial charge on any atom is 0.306 e. The zero-order valence-corrected chi connectivity index (χ0v) is 24.7. The molecule has 10 heteroatoms. The van der Waals surface area contributed by atoms with Crippen molar-refractivity contribution in [3.8, 4) is 5.75 Å². The average molecular weight is 604 g/mol. The van der Waals surface area contributed by atoms with Crippen molar-refractivity contribution in [1.82, 2.24) is 5.32 Å². The highest BCUT2D eigenvalue weighted by Gasteiger charge is 2.72. The maximum atomic E-state index is 13.0. The summed E-state index contributed by atoms with van der Waals surface area (Å²) < 4.78 is 37.0. The van der Waals surface area contributed by atoms with Gasteiger partial charge in [-0.05, 0) is 28.8 Å². The Kier molecular flexibility index (Phi) is 8.97. The Morgan fingerprint density at radius 3 is 2.00 bits per heavy atom. The van der Waals surface area contributed by atoms with Crippen molar-refractivity contribution in [1.29, 1.82) is 0 Å². The molecule has 0 unspecified atom stereocenters. The van der Waals surface area contributed by atoms with Crippen molar-refractivity contribution in [2.24, 2.45) is 5.92 Å². The summed E-state index contributed by atoms with van der Waals surface area (Å²) in [6, 6.07) is 26.6. The topological polar surface area (TPSA) is 122 Å². The number of ether oxygens (including phenoxy) is 6. The van der Waals surface area contributed by atoms with Crippen molar-refractivity contribution < 1.29 is 43.1 Å². The molecule has 3 aromatic carbocycles. The second-order valence-corrected chi connectivity index (χ2v) is 11.4. The summed E-state index contributed by atoms with van der Waals surface area (Å²) in [7, 11) is 1.60. The second-order valence-electron chi connectivity index (χ2n) is 11.4. The van der Waals surface area contributed by atoms with E-state index in [9.17, 15) is 14.7 Å². The van der Waals surface area contributed by atoms with E-state index >= 15 is 0 Å². The number of hydrogen-bond donors (Lipinski definition) is 2. The summed E-state index contributed by atoms with van der Waals surface area (Å²) in [4.78, 5) is 25.8. The van der Waals surface area contributed by atoms with Crippen molar-refractivity contribution in [3.05, 3.63) is 102 Å². The first-order valence-electron chi connectivity index (χ1n) is 14.8. The molecule has 6 rings (SSSR count). The molecule has 0 radical (unpaired) electrons. The minimum absolute atomic E-state index is 0.0453. The first-order chi connectivity index (χ1) is 21.4. The molecule has 3 aromatic rings. The number of esters is 1. The molecule has 3 aliphatic rings. The van der Waals surface area contributed by atoms with Gasteiger partial charge in [-0.3, -0.25) is 9.59 Å². The third-order valence-corrected chi connectivity index (χ3v) is 8.63. The Balaban J connectivity index is 1.40. The van der Waals surface area contributed by atoms with Crippen LogP contribution in [0.25, 0.3) is 0 Å². The van der Waals surface area contributed by atoms with Gasteiger partial charge in [0, 0.05) is 12.8 Å². The molecule has 0 aromatic heterocycles. The van der Waals surface area contributed by atoms with Gasteiger partial charge in [0.15, 0.2) is 6.29 Å². The first kappa shape index (κ1) is 30.2. The zero-order chi connectivity index (χ0) is 30.7. The number of amides is 1. The number of benzene rings is 3. The fourth-order valence-corrected chi connectivity index (χ4v) is 6.69. The van der Waals surface area contributed by atoms with Crippen molar-refractivity contribution in [3.63, 3.8) is 0 Å². The van der Waals surface area contributed by atoms with Crippen LogP contribution in [0.5, 0.6) is 5.75 Å². The Labute approximate surface area is 256 Å². The number of hydrogen-bond acceptors (Lipinski definition) is 9. The minimum Gasteiger partial charge on any atom is -0.497 e. The minimum atomic E-state index is -1.35. The predicted octanol–water partition coefficient (Wildman–Crippen LogP) is 3.29. The summed E-state index contributed by atoms with van der Waals surface area (Å²) in [5.74, 6) is -0.793. The molecule has 2 aliphatic heterocycles. The largest absolute Gasteiger partial charge is 0.497 e. The van der Waals surface area contributed by atoms with Gasteiger partial charge < -0.3 is 38.8 Å². The molecule has 10 nitrogen and oxygen atoms in total. The monoisotopic (exact) mass is 603 g/mol. The third kappa shape index (κ3) is 5.96. The first-order valence-corrected chi connectivity index (χ1v) is 14.8. The molecule has 2 saturated heterocycles. The maximum absolute atomic E-state index is 13.0. The number of methoxy groups -OCH3 is 1. The zero-order valence-electron chi connectivity index (χ0n) is 24.7. The van der Waals surface area contributed by atoms with Gasteiger partial charge >= 0.3 is 5.97 Å². The van der Waals surface area contributed by atoms with Gasteiger partial charge in [-0.2, -0.15) is 0 Å². The molecule has 8 atom stereocenters. The van der Waals surface area contributed by atoms with E-state index in [2.05, 4.69) is 5.32 Å². The van der Waals surface area contributed by atoms with Gasteiger partial charge in [-0.15, -0.1) is 0 Å². The van der Waals surface area contributed by atoms with Crippen LogP contribution in [0.4, 0.5) is 0 Å². The van der Waals surface area contributed by atoms with E-state index in [-0.39, 0.29) is 32.1 Å². The molecule has 1 aliphatic carbocycles. The molecule has 2 heterocycles. The Morgan fingerprint density at radius 2 is 1.41 bits per heavy atom. The molecular formula is C34H37NO9. The van der Waals surface area contributed by atoms with E-state index < -0.39 is 54.2 Å². The van der Waals surface area contributed by atoms with Gasteiger partial charge in [-0.25, -0.2) is 0 Å². The van der Waals surface area contributed by atoms with Crippen molar-refractivity contribution in [2.45, 2.75) is 75.5 Å². The van der Waals surface area contributed by atoms with Crippen LogP contribution in [0, 0.1) is 5.92 Å². The number of aliphatic hydroxyl groups is 1. The second kappa shape index (κ2) is 13.1. The average Bonchev–Trinajstić information content (AvgIpc) is 3.44. The molecule has 1 amide bonds. The van der Waals surface area contributed by atoms with Crippen molar-refractivity contribution >= 4 is 11.9 Å². The lowest BCUT2D eigenvalue weighted by atomic mass is 9.61. The molecule has 232 valence electrons. The van der Waals surface area contributed by atoms with Crippen LogP contribution < -0.4 is 10.1 Å². The fraction of sp³-hybridized carbons (Fsp3) is 0.412. The van der Waals surface area contributed by atoms with Crippen LogP contribution in [0.1, 0.15) is 30.0 Å². The lowest BCUT2D eigenvalue weighted by molar-refractivity contribution is -0.358. The molecule has 2 N–H and O–H groups in total. The van der Waals surface area contributed by atoms with Gasteiger partial charge in [-0.1, -0.05) is 72.8 Å². The normalized spacial score (nSPS) is 30.7.